The Hall–Kier alpha value is -1.85. The van der Waals surface area contributed by atoms with E-state index in [1.807, 2.05) is 31.9 Å². The molecule has 2 aliphatic rings. The summed E-state index contributed by atoms with van der Waals surface area (Å²) in [6.45, 7) is 7.90. The van der Waals surface area contributed by atoms with Gasteiger partial charge in [0.15, 0.2) is 0 Å². The summed E-state index contributed by atoms with van der Waals surface area (Å²) in [5, 5.41) is 7.38. The van der Waals surface area contributed by atoms with Crippen molar-refractivity contribution in [2.75, 3.05) is 13.1 Å². The van der Waals surface area contributed by atoms with E-state index in [0.29, 0.717) is 18.8 Å². The Morgan fingerprint density at radius 1 is 1.38 bits per heavy atom. The van der Waals surface area contributed by atoms with Crippen LogP contribution >= 0.6 is 0 Å². The average molecular weight is 332 g/mol. The molecule has 6 nitrogen and oxygen atoms in total. The highest BCUT2D eigenvalue weighted by molar-refractivity contribution is 5.93. The molecule has 1 atom stereocenters. The van der Waals surface area contributed by atoms with Crippen LogP contribution in [0.25, 0.3) is 0 Å². The molecule has 3 rings (SSSR count). The number of likely N-dealkylation sites (tertiary alicyclic amines) is 1. The van der Waals surface area contributed by atoms with Gasteiger partial charge in [-0.2, -0.15) is 5.10 Å². The molecule has 1 saturated carbocycles. The van der Waals surface area contributed by atoms with Crippen molar-refractivity contribution in [1.29, 1.82) is 0 Å². The van der Waals surface area contributed by atoms with E-state index < -0.39 is 0 Å². The summed E-state index contributed by atoms with van der Waals surface area (Å²) in [6.07, 6.45) is 6.21. The Morgan fingerprint density at radius 2 is 2.08 bits per heavy atom. The van der Waals surface area contributed by atoms with Crippen LogP contribution in [0.15, 0.2) is 12.3 Å². The molecule has 24 heavy (non-hydrogen) atoms. The molecule has 1 aliphatic heterocycles. The fraction of sp³-hybridized carbons (Fsp3) is 0.722. The van der Waals surface area contributed by atoms with Gasteiger partial charge in [-0.05, 0) is 39.7 Å². The number of rotatable bonds is 4. The van der Waals surface area contributed by atoms with Gasteiger partial charge in [-0.15, -0.1) is 0 Å². The van der Waals surface area contributed by atoms with E-state index in [9.17, 15) is 9.59 Å². The molecule has 1 spiro atoms. The Labute approximate surface area is 143 Å². The van der Waals surface area contributed by atoms with Crippen molar-refractivity contribution in [2.45, 2.75) is 59.0 Å². The molecule has 2 fully saturated rings. The summed E-state index contributed by atoms with van der Waals surface area (Å²) in [5.41, 5.74) is 0.442. The highest BCUT2D eigenvalue weighted by Crippen LogP contribution is 2.49. The van der Waals surface area contributed by atoms with E-state index in [-0.39, 0.29) is 29.2 Å². The fourth-order valence-corrected chi connectivity index (χ4v) is 4.27. The van der Waals surface area contributed by atoms with Crippen molar-refractivity contribution in [2.24, 2.45) is 11.3 Å². The van der Waals surface area contributed by atoms with Crippen LogP contribution in [0.3, 0.4) is 0 Å². The normalized spacial score (nSPS) is 22.5. The number of aryl methyl sites for hydroxylation is 1. The zero-order chi connectivity index (χ0) is 17.3. The largest absolute Gasteiger partial charge is 0.354 e. The molecule has 1 N–H and O–H groups in total. The first-order chi connectivity index (χ1) is 11.4. The maximum Gasteiger partial charge on any atom is 0.274 e. The lowest BCUT2D eigenvalue weighted by molar-refractivity contribution is -0.128. The van der Waals surface area contributed by atoms with Gasteiger partial charge in [-0.3, -0.25) is 14.3 Å². The van der Waals surface area contributed by atoms with Gasteiger partial charge in [0.25, 0.3) is 5.91 Å². The van der Waals surface area contributed by atoms with Gasteiger partial charge >= 0.3 is 0 Å². The van der Waals surface area contributed by atoms with Crippen LogP contribution in [0.4, 0.5) is 0 Å². The quantitative estimate of drug-likeness (QED) is 0.918. The van der Waals surface area contributed by atoms with Crippen molar-refractivity contribution >= 4 is 11.8 Å². The maximum absolute atomic E-state index is 12.8. The topological polar surface area (TPSA) is 67.2 Å². The Kier molecular flexibility index (Phi) is 4.65. The van der Waals surface area contributed by atoms with Gasteiger partial charge in [0.05, 0.1) is 5.92 Å². The van der Waals surface area contributed by atoms with E-state index in [2.05, 4.69) is 10.4 Å². The predicted molar refractivity (Wildman–Crippen MR) is 91.5 cm³/mol. The first-order valence-corrected chi connectivity index (χ1v) is 9.08. The fourth-order valence-electron chi connectivity index (χ4n) is 4.27. The number of nitrogens with one attached hydrogen (secondary N) is 1. The lowest BCUT2D eigenvalue weighted by Gasteiger charge is -2.29. The molecule has 1 aliphatic carbocycles. The van der Waals surface area contributed by atoms with Crippen LogP contribution in [-0.4, -0.2) is 45.6 Å². The summed E-state index contributed by atoms with van der Waals surface area (Å²) in [6, 6.07) is 1.90. The minimum Gasteiger partial charge on any atom is -0.354 e. The SMILES string of the molecule is CCn1ccc(C(=O)N2CC(C(=O)NC(C)C)C3(CCCC3)C2)n1. The lowest BCUT2D eigenvalue weighted by Crippen LogP contribution is -2.42. The van der Waals surface area contributed by atoms with Gasteiger partial charge in [0.2, 0.25) is 5.91 Å². The number of aromatic nitrogens is 2. The Balaban J connectivity index is 1.79. The Morgan fingerprint density at radius 3 is 2.67 bits per heavy atom. The van der Waals surface area contributed by atoms with Gasteiger partial charge in [-0.25, -0.2) is 0 Å². The van der Waals surface area contributed by atoms with Crippen LogP contribution < -0.4 is 5.32 Å². The van der Waals surface area contributed by atoms with Gasteiger partial charge in [0.1, 0.15) is 5.69 Å². The molecule has 132 valence electrons. The highest BCUT2D eigenvalue weighted by Gasteiger charge is 2.52. The van der Waals surface area contributed by atoms with Crippen molar-refractivity contribution in [3.63, 3.8) is 0 Å². The number of hydrogen-bond acceptors (Lipinski definition) is 3. The van der Waals surface area contributed by atoms with Crippen molar-refractivity contribution in [3.05, 3.63) is 18.0 Å². The number of carbonyl (C=O) groups is 2. The predicted octanol–water partition coefficient (Wildman–Crippen LogP) is 2.06. The van der Waals surface area contributed by atoms with Crippen LogP contribution in [0.2, 0.25) is 0 Å². The number of nitrogens with zero attached hydrogens (tertiary/aromatic N) is 3. The van der Waals surface area contributed by atoms with Gasteiger partial charge in [0, 0.05) is 37.3 Å². The summed E-state index contributed by atoms with van der Waals surface area (Å²) in [5.74, 6) is -0.0470. The van der Waals surface area contributed by atoms with Crippen LogP contribution in [0, 0.1) is 11.3 Å². The second-order valence-corrected chi connectivity index (χ2v) is 7.53. The van der Waals surface area contributed by atoms with Crippen LogP contribution in [0.1, 0.15) is 56.9 Å². The van der Waals surface area contributed by atoms with Crippen LogP contribution in [0.5, 0.6) is 0 Å². The third-order valence-electron chi connectivity index (χ3n) is 5.47. The number of carbonyl (C=O) groups excluding carboxylic acids is 2. The third kappa shape index (κ3) is 3.06. The second kappa shape index (κ2) is 6.57. The molecular formula is C18H28N4O2. The molecule has 0 radical (unpaired) electrons. The standard InChI is InChI=1S/C18H28N4O2/c1-4-22-10-7-15(20-22)17(24)21-11-14(16(23)19-13(2)3)18(12-21)8-5-6-9-18/h7,10,13-14H,4-6,8-9,11-12H2,1-3H3,(H,19,23). The third-order valence-corrected chi connectivity index (χ3v) is 5.47. The van der Waals surface area contributed by atoms with Gasteiger partial charge in [-0.1, -0.05) is 12.8 Å². The van der Waals surface area contributed by atoms with E-state index in [4.69, 9.17) is 0 Å². The molecule has 0 bridgehead atoms. The smallest absolute Gasteiger partial charge is 0.274 e. The summed E-state index contributed by atoms with van der Waals surface area (Å²) >= 11 is 0. The van der Waals surface area contributed by atoms with Crippen molar-refractivity contribution in [1.82, 2.24) is 20.0 Å². The molecule has 1 aromatic rings. The Bertz CT molecular complexity index is 616. The molecule has 1 saturated heterocycles. The second-order valence-electron chi connectivity index (χ2n) is 7.53. The zero-order valence-electron chi connectivity index (χ0n) is 14.9. The summed E-state index contributed by atoms with van der Waals surface area (Å²) in [7, 11) is 0. The van der Waals surface area contributed by atoms with E-state index >= 15 is 0 Å². The van der Waals surface area contributed by atoms with Crippen LogP contribution in [-0.2, 0) is 11.3 Å². The van der Waals surface area contributed by atoms with E-state index in [0.717, 1.165) is 32.2 Å². The average Bonchev–Trinajstić information content (AvgIpc) is 3.26. The highest BCUT2D eigenvalue weighted by atomic mass is 16.2. The number of amides is 2. The molecule has 1 unspecified atom stereocenters. The van der Waals surface area contributed by atoms with Gasteiger partial charge < -0.3 is 10.2 Å². The van der Waals surface area contributed by atoms with E-state index in [1.165, 1.54) is 0 Å². The monoisotopic (exact) mass is 332 g/mol. The van der Waals surface area contributed by atoms with E-state index in [1.54, 1.807) is 10.7 Å². The minimum absolute atomic E-state index is 0.0397. The summed E-state index contributed by atoms with van der Waals surface area (Å²) < 4.78 is 1.76. The zero-order valence-corrected chi connectivity index (χ0v) is 14.9. The van der Waals surface area contributed by atoms with Crippen molar-refractivity contribution in [3.8, 4) is 0 Å². The first-order valence-electron chi connectivity index (χ1n) is 9.08. The number of hydrogen-bond donors (Lipinski definition) is 1. The molecule has 0 aromatic carbocycles. The maximum atomic E-state index is 12.8. The molecule has 6 heteroatoms. The molecule has 2 heterocycles. The minimum atomic E-state index is -0.0976. The molecule has 1 aromatic heterocycles. The summed E-state index contributed by atoms with van der Waals surface area (Å²) in [4.78, 5) is 27.4. The molecule has 2 amide bonds. The van der Waals surface area contributed by atoms with Crippen molar-refractivity contribution < 1.29 is 9.59 Å². The lowest BCUT2D eigenvalue weighted by atomic mass is 9.76. The first kappa shape index (κ1) is 17.0. The molecular weight excluding hydrogens is 304 g/mol.